The summed E-state index contributed by atoms with van der Waals surface area (Å²) in [5.41, 5.74) is 6.20. The molecular formula is C11H13NO5. The summed E-state index contributed by atoms with van der Waals surface area (Å²) in [6, 6.07) is 4.46. The largest absolute Gasteiger partial charge is 0.495 e. The van der Waals surface area contributed by atoms with Crippen LogP contribution in [0.4, 0.5) is 5.69 Å². The van der Waals surface area contributed by atoms with Crippen LogP contribution in [0.3, 0.4) is 0 Å². The molecule has 1 rings (SSSR count). The summed E-state index contributed by atoms with van der Waals surface area (Å²) in [5.74, 6) is -1.17. The van der Waals surface area contributed by atoms with Gasteiger partial charge in [-0.1, -0.05) is 0 Å². The summed E-state index contributed by atoms with van der Waals surface area (Å²) in [6.07, 6.45) is -0.225. The molecular weight excluding hydrogens is 226 g/mol. The molecule has 0 fully saturated rings. The molecule has 0 unspecified atom stereocenters. The van der Waals surface area contributed by atoms with Crippen LogP contribution < -0.4 is 10.5 Å². The van der Waals surface area contributed by atoms with E-state index in [-0.39, 0.29) is 18.6 Å². The van der Waals surface area contributed by atoms with E-state index in [4.69, 9.17) is 20.3 Å². The number of anilines is 1. The molecule has 0 aliphatic carbocycles. The molecule has 0 saturated carbocycles. The van der Waals surface area contributed by atoms with Crippen molar-refractivity contribution < 1.29 is 24.2 Å². The number of nitrogen functional groups attached to an aromatic ring is 1. The molecule has 0 aromatic heterocycles. The Morgan fingerprint density at radius 1 is 1.41 bits per heavy atom. The van der Waals surface area contributed by atoms with Crippen LogP contribution in [0.2, 0.25) is 0 Å². The summed E-state index contributed by atoms with van der Waals surface area (Å²) in [7, 11) is 1.47. The van der Waals surface area contributed by atoms with Crippen LogP contribution in [-0.2, 0) is 9.53 Å². The number of hydrogen-bond acceptors (Lipinski definition) is 5. The van der Waals surface area contributed by atoms with Crippen molar-refractivity contribution in [2.75, 3.05) is 19.5 Å². The maximum absolute atomic E-state index is 11.5. The molecule has 0 radical (unpaired) electrons. The Kier molecular flexibility index (Phi) is 4.33. The van der Waals surface area contributed by atoms with Crippen LogP contribution >= 0.6 is 0 Å². The van der Waals surface area contributed by atoms with Crippen molar-refractivity contribution in [3.63, 3.8) is 0 Å². The van der Waals surface area contributed by atoms with Crippen LogP contribution in [0.5, 0.6) is 5.75 Å². The van der Waals surface area contributed by atoms with Crippen molar-refractivity contribution in [1.82, 2.24) is 0 Å². The van der Waals surface area contributed by atoms with E-state index in [0.29, 0.717) is 11.4 Å². The van der Waals surface area contributed by atoms with Gasteiger partial charge in [0.2, 0.25) is 0 Å². The number of rotatable bonds is 5. The number of carbonyl (C=O) groups excluding carboxylic acids is 1. The lowest BCUT2D eigenvalue weighted by Gasteiger charge is -2.07. The van der Waals surface area contributed by atoms with Gasteiger partial charge in [-0.3, -0.25) is 4.79 Å². The Morgan fingerprint density at radius 3 is 2.65 bits per heavy atom. The zero-order chi connectivity index (χ0) is 12.8. The number of carbonyl (C=O) groups is 2. The summed E-state index contributed by atoms with van der Waals surface area (Å²) < 4.78 is 9.69. The topological polar surface area (TPSA) is 98.8 Å². The monoisotopic (exact) mass is 239 g/mol. The molecule has 6 heteroatoms. The minimum Gasteiger partial charge on any atom is -0.495 e. The normalized spacial score (nSPS) is 9.71. The Morgan fingerprint density at radius 2 is 2.12 bits per heavy atom. The summed E-state index contributed by atoms with van der Waals surface area (Å²) in [4.78, 5) is 21.7. The van der Waals surface area contributed by atoms with Crippen molar-refractivity contribution >= 4 is 17.6 Å². The summed E-state index contributed by atoms with van der Waals surface area (Å²) in [6.45, 7) is -0.167. The van der Waals surface area contributed by atoms with Crippen LogP contribution in [-0.4, -0.2) is 30.8 Å². The third kappa shape index (κ3) is 3.67. The first kappa shape index (κ1) is 12.8. The Hall–Kier alpha value is -2.24. The molecule has 6 nitrogen and oxygen atoms in total. The molecule has 1 aromatic rings. The van der Waals surface area contributed by atoms with Gasteiger partial charge >= 0.3 is 11.9 Å². The number of ether oxygens (including phenoxy) is 2. The fourth-order valence-corrected chi connectivity index (χ4v) is 1.18. The van der Waals surface area contributed by atoms with Gasteiger partial charge in [0.1, 0.15) is 12.4 Å². The first-order valence-corrected chi connectivity index (χ1v) is 4.87. The van der Waals surface area contributed by atoms with Gasteiger partial charge in [0, 0.05) is 0 Å². The number of carboxylic acid groups (broad SMARTS) is 1. The molecule has 0 spiro atoms. The van der Waals surface area contributed by atoms with Gasteiger partial charge in [0.15, 0.2) is 0 Å². The van der Waals surface area contributed by atoms with Crippen molar-refractivity contribution in [2.24, 2.45) is 0 Å². The number of nitrogens with two attached hydrogens (primary N) is 1. The van der Waals surface area contributed by atoms with Crippen molar-refractivity contribution in [1.29, 1.82) is 0 Å². The molecule has 0 atom stereocenters. The molecule has 92 valence electrons. The lowest BCUT2D eigenvalue weighted by molar-refractivity contribution is -0.137. The highest BCUT2D eigenvalue weighted by molar-refractivity contribution is 5.91. The average molecular weight is 239 g/mol. The molecule has 3 N–H and O–H groups in total. The third-order valence-corrected chi connectivity index (χ3v) is 2.01. The number of esters is 1. The van der Waals surface area contributed by atoms with Crippen LogP contribution in [0.15, 0.2) is 18.2 Å². The van der Waals surface area contributed by atoms with Crippen LogP contribution in [0.25, 0.3) is 0 Å². The van der Waals surface area contributed by atoms with Crippen LogP contribution in [0, 0.1) is 0 Å². The Bertz CT molecular complexity index is 430. The molecule has 0 aliphatic heterocycles. The first-order valence-electron chi connectivity index (χ1n) is 4.87. The van der Waals surface area contributed by atoms with Crippen molar-refractivity contribution in [2.45, 2.75) is 6.42 Å². The quantitative estimate of drug-likeness (QED) is 0.585. The average Bonchev–Trinajstić information content (AvgIpc) is 2.28. The number of benzene rings is 1. The van der Waals surface area contributed by atoms with E-state index >= 15 is 0 Å². The van der Waals surface area contributed by atoms with E-state index in [9.17, 15) is 9.59 Å². The maximum atomic E-state index is 11.5. The maximum Gasteiger partial charge on any atom is 0.338 e. The number of hydrogen-bond donors (Lipinski definition) is 2. The zero-order valence-corrected chi connectivity index (χ0v) is 9.30. The smallest absolute Gasteiger partial charge is 0.338 e. The number of carboxylic acids is 1. The highest BCUT2D eigenvalue weighted by atomic mass is 16.5. The highest BCUT2D eigenvalue weighted by Gasteiger charge is 2.10. The Balaban J connectivity index is 2.63. The highest BCUT2D eigenvalue weighted by Crippen LogP contribution is 2.22. The molecule has 1 aromatic carbocycles. The molecule has 0 bridgehead atoms. The molecule has 17 heavy (non-hydrogen) atoms. The fourth-order valence-electron chi connectivity index (χ4n) is 1.18. The summed E-state index contributed by atoms with van der Waals surface area (Å²) >= 11 is 0. The zero-order valence-electron chi connectivity index (χ0n) is 9.30. The van der Waals surface area contributed by atoms with E-state index in [0.717, 1.165) is 0 Å². The van der Waals surface area contributed by atoms with Gasteiger partial charge in [-0.25, -0.2) is 4.79 Å². The molecule has 0 amide bonds. The predicted octanol–water partition coefficient (Wildman–Crippen LogP) is 0.909. The second-order valence-corrected chi connectivity index (χ2v) is 3.24. The molecule has 0 heterocycles. The van der Waals surface area contributed by atoms with Gasteiger partial charge in [0.05, 0.1) is 24.8 Å². The standard InChI is InChI=1S/C11H13NO5/c1-16-9-3-2-7(6-8(9)12)11(15)17-5-4-10(13)14/h2-3,6H,4-5,12H2,1H3,(H,13,14). The van der Waals surface area contributed by atoms with E-state index in [1.807, 2.05) is 0 Å². The first-order chi connectivity index (χ1) is 8.04. The molecule has 0 aliphatic rings. The number of methoxy groups -OCH3 is 1. The van der Waals surface area contributed by atoms with E-state index < -0.39 is 11.9 Å². The number of aliphatic carboxylic acids is 1. The molecule has 0 saturated heterocycles. The van der Waals surface area contributed by atoms with Crippen molar-refractivity contribution in [3.05, 3.63) is 23.8 Å². The fraction of sp³-hybridized carbons (Fsp3) is 0.273. The van der Waals surface area contributed by atoms with Gasteiger partial charge in [-0.05, 0) is 18.2 Å². The van der Waals surface area contributed by atoms with Gasteiger partial charge < -0.3 is 20.3 Å². The second-order valence-electron chi connectivity index (χ2n) is 3.24. The lowest BCUT2D eigenvalue weighted by atomic mass is 10.2. The van der Waals surface area contributed by atoms with E-state index in [1.54, 1.807) is 6.07 Å². The predicted molar refractivity (Wildman–Crippen MR) is 59.9 cm³/mol. The SMILES string of the molecule is COc1ccc(C(=O)OCCC(=O)O)cc1N. The second kappa shape index (κ2) is 5.74. The van der Waals surface area contributed by atoms with E-state index in [1.165, 1.54) is 19.2 Å². The minimum absolute atomic E-state index is 0.167. The summed E-state index contributed by atoms with van der Waals surface area (Å²) in [5, 5.41) is 8.38. The minimum atomic E-state index is -1.02. The lowest BCUT2D eigenvalue weighted by Crippen LogP contribution is -2.10. The van der Waals surface area contributed by atoms with Crippen LogP contribution in [0.1, 0.15) is 16.8 Å². The van der Waals surface area contributed by atoms with Crippen molar-refractivity contribution in [3.8, 4) is 5.75 Å². The van der Waals surface area contributed by atoms with E-state index in [2.05, 4.69) is 0 Å². The Labute approximate surface area is 97.9 Å². The van der Waals surface area contributed by atoms with Gasteiger partial charge in [-0.15, -0.1) is 0 Å². The third-order valence-electron chi connectivity index (χ3n) is 2.01. The van der Waals surface area contributed by atoms with Gasteiger partial charge in [0.25, 0.3) is 0 Å². The van der Waals surface area contributed by atoms with Gasteiger partial charge in [-0.2, -0.15) is 0 Å².